The molecule has 3 N–H and O–H groups in total. The first-order chi connectivity index (χ1) is 11.3. The Morgan fingerprint density at radius 3 is 2.62 bits per heavy atom. The third-order valence-corrected chi connectivity index (χ3v) is 4.17. The number of rotatable bonds is 6. The summed E-state index contributed by atoms with van der Waals surface area (Å²) in [6.45, 7) is 7.68. The fourth-order valence-electron chi connectivity index (χ4n) is 2.94. The summed E-state index contributed by atoms with van der Waals surface area (Å²) in [7, 11) is 1.89. The maximum Gasteiger partial charge on any atom is 0.315 e. The molecule has 7 heteroatoms. The molecule has 0 spiro atoms. The van der Waals surface area contributed by atoms with Crippen LogP contribution in [-0.4, -0.2) is 27.0 Å². The van der Waals surface area contributed by atoms with Gasteiger partial charge in [0, 0.05) is 30.8 Å². The standard InChI is InChI=1S/C17H26N4O3/c1-10(9-14(22)15-7-6-8-24-15)18-17(23)19-11(2)16-12(3)20-21(5)13(16)4/h6-8,10-11,14,22H,9H2,1-5H3,(H2,18,19,23)/t10-,11-,14-/m0/s1. The van der Waals surface area contributed by atoms with Gasteiger partial charge < -0.3 is 20.2 Å². The monoisotopic (exact) mass is 334 g/mol. The molecule has 2 amide bonds. The molecule has 132 valence electrons. The second-order valence-electron chi connectivity index (χ2n) is 6.22. The van der Waals surface area contributed by atoms with Crippen molar-refractivity contribution >= 4 is 6.03 Å². The lowest BCUT2D eigenvalue weighted by molar-refractivity contribution is 0.129. The number of amides is 2. The van der Waals surface area contributed by atoms with E-state index in [1.165, 1.54) is 6.26 Å². The number of aromatic nitrogens is 2. The third-order valence-electron chi connectivity index (χ3n) is 4.17. The van der Waals surface area contributed by atoms with E-state index in [0.717, 1.165) is 17.0 Å². The van der Waals surface area contributed by atoms with Gasteiger partial charge in [-0.1, -0.05) is 0 Å². The van der Waals surface area contributed by atoms with Crippen molar-refractivity contribution in [2.45, 2.75) is 52.3 Å². The smallest absolute Gasteiger partial charge is 0.315 e. The SMILES string of the molecule is Cc1nn(C)c(C)c1[C@H](C)NC(=O)N[C@@H](C)C[C@H](O)c1ccco1. The lowest BCUT2D eigenvalue weighted by atomic mass is 10.1. The van der Waals surface area contributed by atoms with Gasteiger partial charge in [0.2, 0.25) is 0 Å². The van der Waals surface area contributed by atoms with Crippen molar-refractivity contribution in [3.8, 4) is 0 Å². The first kappa shape index (κ1) is 18.1. The molecule has 0 unspecified atom stereocenters. The highest BCUT2D eigenvalue weighted by molar-refractivity contribution is 5.74. The normalized spacial score (nSPS) is 14.9. The first-order valence-corrected chi connectivity index (χ1v) is 8.08. The molecule has 0 aromatic carbocycles. The van der Waals surface area contributed by atoms with Crippen molar-refractivity contribution in [3.63, 3.8) is 0 Å². The Bertz CT molecular complexity index is 678. The summed E-state index contributed by atoms with van der Waals surface area (Å²) in [5, 5.41) is 20.2. The summed E-state index contributed by atoms with van der Waals surface area (Å²) >= 11 is 0. The molecule has 0 aliphatic heterocycles. The number of hydrogen-bond acceptors (Lipinski definition) is 4. The van der Waals surface area contributed by atoms with Gasteiger partial charge in [-0.3, -0.25) is 4.68 Å². The first-order valence-electron chi connectivity index (χ1n) is 8.08. The van der Waals surface area contributed by atoms with Crippen molar-refractivity contribution < 1.29 is 14.3 Å². The van der Waals surface area contributed by atoms with Crippen LogP contribution in [-0.2, 0) is 7.05 Å². The number of carbonyl (C=O) groups is 1. The molecule has 24 heavy (non-hydrogen) atoms. The van der Waals surface area contributed by atoms with Crippen molar-refractivity contribution in [2.24, 2.45) is 7.05 Å². The summed E-state index contributed by atoms with van der Waals surface area (Å²) in [6.07, 6.45) is 1.15. The molecule has 0 aliphatic carbocycles. The second kappa shape index (κ2) is 7.53. The Labute approximate surface area is 142 Å². The van der Waals surface area contributed by atoms with Crippen LogP contribution >= 0.6 is 0 Å². The number of hydrogen-bond donors (Lipinski definition) is 3. The van der Waals surface area contributed by atoms with Crippen LogP contribution in [0.2, 0.25) is 0 Å². The van der Waals surface area contributed by atoms with Crippen LogP contribution in [0.4, 0.5) is 4.79 Å². The predicted molar refractivity (Wildman–Crippen MR) is 90.5 cm³/mol. The van der Waals surface area contributed by atoms with E-state index in [0.29, 0.717) is 12.2 Å². The zero-order chi connectivity index (χ0) is 17.9. The highest BCUT2D eigenvalue weighted by Crippen LogP contribution is 2.21. The van der Waals surface area contributed by atoms with Gasteiger partial charge in [-0.15, -0.1) is 0 Å². The molecule has 2 aromatic rings. The third kappa shape index (κ3) is 4.17. The number of urea groups is 1. The Hall–Kier alpha value is -2.28. The molecule has 0 saturated heterocycles. The Morgan fingerprint density at radius 2 is 2.08 bits per heavy atom. The predicted octanol–water partition coefficient (Wildman–Crippen LogP) is 2.50. The number of aliphatic hydroxyl groups is 1. The number of carbonyl (C=O) groups excluding carboxylic acids is 1. The van der Waals surface area contributed by atoms with Gasteiger partial charge in [0.25, 0.3) is 0 Å². The van der Waals surface area contributed by atoms with E-state index < -0.39 is 6.10 Å². The average molecular weight is 334 g/mol. The minimum atomic E-state index is -0.740. The van der Waals surface area contributed by atoms with Crippen molar-refractivity contribution in [3.05, 3.63) is 41.1 Å². The fraction of sp³-hybridized carbons (Fsp3) is 0.529. The van der Waals surface area contributed by atoms with E-state index in [-0.39, 0.29) is 18.1 Å². The van der Waals surface area contributed by atoms with Gasteiger partial charge in [0.1, 0.15) is 11.9 Å². The average Bonchev–Trinajstić information content (AvgIpc) is 3.07. The van der Waals surface area contributed by atoms with Crippen LogP contribution in [0.3, 0.4) is 0 Å². The molecule has 7 nitrogen and oxygen atoms in total. The number of furan rings is 1. The second-order valence-corrected chi connectivity index (χ2v) is 6.22. The van der Waals surface area contributed by atoms with Gasteiger partial charge in [-0.25, -0.2) is 4.79 Å². The van der Waals surface area contributed by atoms with Crippen LogP contribution < -0.4 is 10.6 Å². The van der Waals surface area contributed by atoms with Gasteiger partial charge >= 0.3 is 6.03 Å². The number of nitrogens with one attached hydrogen (secondary N) is 2. The van der Waals surface area contributed by atoms with Crippen LogP contribution in [0.5, 0.6) is 0 Å². The maximum absolute atomic E-state index is 12.2. The molecule has 0 bridgehead atoms. The Balaban J connectivity index is 1.88. The van der Waals surface area contributed by atoms with E-state index in [9.17, 15) is 9.90 Å². The molecule has 0 saturated carbocycles. The quantitative estimate of drug-likeness (QED) is 0.757. The topological polar surface area (TPSA) is 92.3 Å². The number of aliphatic hydroxyl groups excluding tert-OH is 1. The summed E-state index contributed by atoms with van der Waals surface area (Å²) in [4.78, 5) is 12.2. The van der Waals surface area contributed by atoms with Crippen LogP contribution in [0.15, 0.2) is 22.8 Å². The highest BCUT2D eigenvalue weighted by atomic mass is 16.4. The molecular formula is C17H26N4O3. The highest BCUT2D eigenvalue weighted by Gasteiger charge is 2.20. The minimum absolute atomic E-state index is 0.152. The van der Waals surface area contributed by atoms with Crippen LogP contribution in [0.25, 0.3) is 0 Å². The molecule has 3 atom stereocenters. The minimum Gasteiger partial charge on any atom is -0.467 e. The van der Waals surface area contributed by atoms with Crippen molar-refractivity contribution in [1.82, 2.24) is 20.4 Å². The number of nitrogens with zero attached hydrogens (tertiary/aromatic N) is 2. The van der Waals surface area contributed by atoms with E-state index in [1.54, 1.807) is 12.1 Å². The Kier molecular flexibility index (Phi) is 5.66. The van der Waals surface area contributed by atoms with E-state index in [1.807, 2.05) is 39.4 Å². The molecular weight excluding hydrogens is 308 g/mol. The van der Waals surface area contributed by atoms with E-state index in [2.05, 4.69) is 15.7 Å². The summed E-state index contributed by atoms with van der Waals surface area (Å²) in [5.41, 5.74) is 2.96. The van der Waals surface area contributed by atoms with Gasteiger partial charge in [-0.05, 0) is 39.8 Å². The van der Waals surface area contributed by atoms with Crippen molar-refractivity contribution in [2.75, 3.05) is 0 Å². The zero-order valence-electron chi connectivity index (χ0n) is 14.8. The lowest BCUT2D eigenvalue weighted by Crippen LogP contribution is -2.42. The maximum atomic E-state index is 12.2. The summed E-state index contributed by atoms with van der Waals surface area (Å²) < 4.78 is 6.97. The number of aryl methyl sites for hydroxylation is 2. The molecule has 2 rings (SSSR count). The van der Waals surface area contributed by atoms with E-state index >= 15 is 0 Å². The van der Waals surface area contributed by atoms with Gasteiger partial charge in [-0.2, -0.15) is 5.10 Å². The fourth-order valence-corrected chi connectivity index (χ4v) is 2.94. The summed E-state index contributed by atoms with van der Waals surface area (Å²) in [5.74, 6) is 0.499. The Morgan fingerprint density at radius 1 is 1.38 bits per heavy atom. The van der Waals surface area contributed by atoms with Crippen LogP contribution in [0, 0.1) is 13.8 Å². The van der Waals surface area contributed by atoms with E-state index in [4.69, 9.17) is 4.42 Å². The molecule has 0 fully saturated rings. The molecule has 2 aromatic heterocycles. The molecule has 2 heterocycles. The van der Waals surface area contributed by atoms with Crippen molar-refractivity contribution in [1.29, 1.82) is 0 Å². The lowest BCUT2D eigenvalue weighted by Gasteiger charge is -2.20. The van der Waals surface area contributed by atoms with Crippen LogP contribution in [0.1, 0.15) is 55.1 Å². The zero-order valence-corrected chi connectivity index (χ0v) is 14.8. The largest absolute Gasteiger partial charge is 0.467 e. The van der Waals surface area contributed by atoms with Gasteiger partial charge in [0.15, 0.2) is 0 Å². The van der Waals surface area contributed by atoms with Gasteiger partial charge in [0.05, 0.1) is 18.0 Å². The molecule has 0 aliphatic rings. The summed E-state index contributed by atoms with van der Waals surface area (Å²) in [6, 6.07) is 2.82. The molecule has 0 radical (unpaired) electrons.